The van der Waals surface area contributed by atoms with E-state index < -0.39 is 24.2 Å². The van der Waals surface area contributed by atoms with Crippen LogP contribution in [-0.2, 0) is 22.6 Å². The predicted octanol–water partition coefficient (Wildman–Crippen LogP) is 3.25. The summed E-state index contributed by atoms with van der Waals surface area (Å²) in [5.74, 6) is 1.67. The third-order valence-electron chi connectivity index (χ3n) is 11.9. The van der Waals surface area contributed by atoms with Crippen LogP contribution >= 0.6 is 0 Å². The summed E-state index contributed by atoms with van der Waals surface area (Å²) in [5, 5.41) is 29.1. The van der Waals surface area contributed by atoms with E-state index in [0.29, 0.717) is 60.9 Å². The van der Waals surface area contributed by atoms with Gasteiger partial charge in [-0.3, -0.25) is 14.4 Å². The van der Waals surface area contributed by atoms with Crippen molar-refractivity contribution in [2.75, 3.05) is 47.5 Å². The normalized spacial score (nSPS) is 29.1. The summed E-state index contributed by atoms with van der Waals surface area (Å²) < 4.78 is 11.9. The molecule has 0 spiro atoms. The number of aliphatic hydroxyl groups is 2. The molecule has 2 aromatic rings. The Balaban J connectivity index is 1.28. The third-order valence-corrected chi connectivity index (χ3v) is 11.9. The van der Waals surface area contributed by atoms with Crippen molar-refractivity contribution >= 4 is 11.8 Å². The van der Waals surface area contributed by atoms with E-state index in [1.54, 1.807) is 19.1 Å². The number of methoxy groups -OCH3 is 1. The fourth-order valence-corrected chi connectivity index (χ4v) is 8.95. The molecule has 2 heterocycles. The Morgan fingerprint density at radius 1 is 1.20 bits per heavy atom. The molecule has 2 amide bonds. The lowest BCUT2D eigenvalue weighted by atomic mass is 9.45. The number of carbonyl (C=O) groups is 2. The van der Waals surface area contributed by atoms with Crippen molar-refractivity contribution in [1.82, 2.24) is 20.6 Å². The average molecular weight is 679 g/mol. The summed E-state index contributed by atoms with van der Waals surface area (Å²) >= 11 is 0. The van der Waals surface area contributed by atoms with Crippen LogP contribution in [0, 0.1) is 29.1 Å². The minimum absolute atomic E-state index is 0.0462. The first-order chi connectivity index (χ1) is 23.3. The van der Waals surface area contributed by atoms with E-state index in [4.69, 9.17) is 14.3 Å². The Kier molecular flexibility index (Phi) is 10.3. The van der Waals surface area contributed by atoms with Gasteiger partial charge < -0.3 is 35.2 Å². The zero-order chi connectivity index (χ0) is 35.2. The van der Waals surface area contributed by atoms with Gasteiger partial charge in [0.25, 0.3) is 5.91 Å². The lowest BCUT2D eigenvalue weighted by Crippen LogP contribution is -2.62. The second kappa shape index (κ2) is 14.2. The van der Waals surface area contributed by atoms with Crippen molar-refractivity contribution < 1.29 is 34.1 Å². The Labute approximate surface area is 290 Å². The highest BCUT2D eigenvalue weighted by Gasteiger charge is 2.57. The Hall–Kier alpha value is -3.22. The van der Waals surface area contributed by atoms with E-state index in [2.05, 4.69) is 31.4 Å². The number of benzene rings is 2. The van der Waals surface area contributed by atoms with Gasteiger partial charge in [-0.15, -0.1) is 0 Å². The van der Waals surface area contributed by atoms with Gasteiger partial charge in [0.2, 0.25) is 5.91 Å². The number of nitrogens with one attached hydrogen (secondary N) is 2. The molecule has 2 aliphatic heterocycles. The van der Waals surface area contributed by atoms with Gasteiger partial charge in [-0.25, -0.2) is 0 Å². The van der Waals surface area contributed by atoms with Crippen molar-refractivity contribution in [1.29, 1.82) is 0 Å². The second-order valence-corrected chi connectivity index (χ2v) is 15.4. The molecule has 0 aromatic heterocycles. The summed E-state index contributed by atoms with van der Waals surface area (Å²) in [7, 11) is 5.53. The van der Waals surface area contributed by atoms with Gasteiger partial charge in [0.1, 0.15) is 23.6 Å². The van der Waals surface area contributed by atoms with Gasteiger partial charge in [0.15, 0.2) is 0 Å². The van der Waals surface area contributed by atoms with Crippen LogP contribution in [0.3, 0.4) is 0 Å². The zero-order valence-corrected chi connectivity index (χ0v) is 30.0. The molecule has 4 N–H and O–H groups in total. The first-order valence-corrected chi connectivity index (χ1v) is 17.8. The highest BCUT2D eigenvalue weighted by molar-refractivity contribution is 5.99. The number of hydroxylamine groups is 2. The molecular weight excluding hydrogens is 624 g/mol. The Morgan fingerprint density at radius 3 is 2.63 bits per heavy atom. The number of para-hydroxylation sites is 1. The molecule has 4 fully saturated rings. The zero-order valence-electron chi connectivity index (χ0n) is 30.0. The molecule has 1 saturated heterocycles. The highest BCUT2D eigenvalue weighted by Crippen LogP contribution is 2.61. The van der Waals surface area contributed by atoms with Gasteiger partial charge in [-0.05, 0) is 80.3 Å². The van der Waals surface area contributed by atoms with Crippen molar-refractivity contribution in [3.8, 4) is 22.6 Å². The van der Waals surface area contributed by atoms with E-state index in [9.17, 15) is 19.8 Å². The Bertz CT molecular complexity index is 1540. The van der Waals surface area contributed by atoms with Crippen molar-refractivity contribution in [2.45, 2.75) is 77.8 Å². The molecule has 8 atom stereocenters. The van der Waals surface area contributed by atoms with Crippen LogP contribution in [0.25, 0.3) is 11.1 Å². The number of aliphatic hydroxyl groups excluding tert-OH is 2. The molecule has 11 heteroatoms. The fourth-order valence-electron chi connectivity index (χ4n) is 8.95. The van der Waals surface area contributed by atoms with E-state index in [-0.39, 0.29) is 36.4 Å². The number of likely N-dealkylation sites (N-methyl/N-ethyl adjacent to an activating group) is 1. The summed E-state index contributed by atoms with van der Waals surface area (Å²) in [6.45, 7) is 10.1. The van der Waals surface area contributed by atoms with Crippen LogP contribution in [0.2, 0.25) is 0 Å². The molecule has 11 nitrogen and oxygen atoms in total. The van der Waals surface area contributed by atoms with Crippen LogP contribution < -0.4 is 20.1 Å². The predicted molar refractivity (Wildman–Crippen MR) is 186 cm³/mol. The average Bonchev–Trinajstić information content (AvgIpc) is 3.69. The number of fused-ring (bicyclic) bond motifs is 3. The molecule has 0 radical (unpaired) electrons. The number of hydrogen-bond donors (Lipinski definition) is 4. The van der Waals surface area contributed by atoms with Gasteiger partial charge in [-0.2, -0.15) is 5.06 Å². The molecule has 0 unspecified atom stereocenters. The number of ether oxygens (including phenoxy) is 2. The summed E-state index contributed by atoms with van der Waals surface area (Å²) in [6, 6.07) is 8.92. The quantitative estimate of drug-likeness (QED) is 0.267. The first-order valence-electron chi connectivity index (χ1n) is 17.8. The third kappa shape index (κ3) is 6.68. The lowest BCUT2D eigenvalue weighted by molar-refractivity contribution is -0.183. The molecule has 3 aliphatic carbocycles. The van der Waals surface area contributed by atoms with Crippen molar-refractivity contribution in [2.24, 2.45) is 29.1 Å². The van der Waals surface area contributed by atoms with Crippen LogP contribution in [-0.4, -0.2) is 104 Å². The van der Waals surface area contributed by atoms with Crippen LogP contribution in [0.1, 0.15) is 62.0 Å². The SMILES string of the molecule is COc1c(CN2O[C@@H](CO)[C@@H]([C@H](C)O)[C@H]2C(=O)N[C@@H]2C[C@H]3C[C@@H]([C@@H]2C)C3(C)C)cccc1-c1cc2c(c(C(=O)NCCN(C)C)c1)OCC2. The van der Waals surface area contributed by atoms with Gasteiger partial charge in [0, 0.05) is 42.6 Å². The summed E-state index contributed by atoms with van der Waals surface area (Å²) in [6.07, 6.45) is 1.20. The molecule has 5 aliphatic rings. The van der Waals surface area contributed by atoms with Crippen molar-refractivity contribution in [3.63, 3.8) is 0 Å². The van der Waals surface area contributed by atoms with E-state index in [1.807, 2.05) is 49.3 Å². The number of nitrogens with zero attached hydrogens (tertiary/aromatic N) is 2. The molecule has 3 saturated carbocycles. The molecule has 7 rings (SSSR count). The van der Waals surface area contributed by atoms with E-state index in [0.717, 1.165) is 28.7 Å². The van der Waals surface area contributed by atoms with Crippen LogP contribution in [0.5, 0.6) is 11.5 Å². The molecule has 268 valence electrons. The topological polar surface area (TPSA) is 133 Å². The maximum atomic E-state index is 14.2. The minimum Gasteiger partial charge on any atom is -0.496 e. The minimum atomic E-state index is -0.891. The number of carbonyl (C=O) groups excluding carboxylic acids is 2. The largest absolute Gasteiger partial charge is 0.496 e. The van der Waals surface area contributed by atoms with E-state index >= 15 is 0 Å². The van der Waals surface area contributed by atoms with Gasteiger partial charge in [0.05, 0.1) is 38.5 Å². The standard InChI is InChI=1S/C38H54N4O7/c1-21-29-17-26(38(29,3)4)18-30(21)40-37(46)33-32(22(2)44)31(20-43)49-42(33)19-24-9-8-10-27(34(24)47-7)25-15-23-11-14-48-35(23)28(16-25)36(45)39-12-13-41(5)6/h8-10,15-16,21-22,26,29-33,43-44H,11-14,17-20H2,1-7H3,(H,39,45)(H,40,46)/t21-,22-,26+,29-,30+,31-,32+,33-/m0/s1. The molecular formula is C38H54N4O7. The van der Waals surface area contributed by atoms with Crippen LogP contribution in [0.4, 0.5) is 0 Å². The van der Waals surface area contributed by atoms with Gasteiger partial charge in [-0.1, -0.05) is 39.0 Å². The van der Waals surface area contributed by atoms with Crippen LogP contribution in [0.15, 0.2) is 30.3 Å². The number of hydrogen-bond acceptors (Lipinski definition) is 9. The van der Waals surface area contributed by atoms with Crippen molar-refractivity contribution in [3.05, 3.63) is 47.0 Å². The lowest BCUT2D eigenvalue weighted by Gasteiger charge is -2.62. The maximum absolute atomic E-state index is 14.2. The summed E-state index contributed by atoms with van der Waals surface area (Å²) in [5.41, 5.74) is 4.12. The highest BCUT2D eigenvalue weighted by atomic mass is 16.7. The molecule has 2 aromatic carbocycles. The monoisotopic (exact) mass is 678 g/mol. The first kappa shape index (κ1) is 35.6. The maximum Gasteiger partial charge on any atom is 0.255 e. The molecule has 49 heavy (non-hydrogen) atoms. The molecule has 2 bridgehead atoms. The number of rotatable bonds is 12. The second-order valence-electron chi connectivity index (χ2n) is 15.4. The smallest absolute Gasteiger partial charge is 0.255 e. The van der Waals surface area contributed by atoms with E-state index in [1.165, 1.54) is 6.42 Å². The summed E-state index contributed by atoms with van der Waals surface area (Å²) in [4.78, 5) is 35.8. The number of amides is 2. The Morgan fingerprint density at radius 2 is 1.98 bits per heavy atom. The fraction of sp³-hybridized carbons (Fsp3) is 0.632. The van der Waals surface area contributed by atoms with Gasteiger partial charge >= 0.3 is 0 Å².